The van der Waals surface area contributed by atoms with E-state index in [9.17, 15) is 14.3 Å². The van der Waals surface area contributed by atoms with Crippen LogP contribution in [0.1, 0.15) is 54.9 Å². The molecule has 29 heavy (non-hydrogen) atoms. The van der Waals surface area contributed by atoms with Gasteiger partial charge in [-0.3, -0.25) is 4.79 Å². The quantitative estimate of drug-likeness (QED) is 0.716. The number of cyclic esters (lactones) is 1. The van der Waals surface area contributed by atoms with E-state index >= 15 is 0 Å². The molecule has 1 aliphatic heterocycles. The van der Waals surface area contributed by atoms with Crippen LogP contribution < -0.4 is 4.74 Å². The van der Waals surface area contributed by atoms with E-state index in [2.05, 4.69) is 26.0 Å². The molecule has 1 fully saturated rings. The third-order valence-corrected chi connectivity index (χ3v) is 5.33. The maximum atomic E-state index is 13.5. The lowest BCUT2D eigenvalue weighted by Gasteiger charge is -2.29. The van der Waals surface area contributed by atoms with Crippen LogP contribution in [0.4, 0.5) is 4.39 Å². The molecule has 3 rings (SSSR count). The van der Waals surface area contributed by atoms with E-state index in [1.54, 1.807) is 0 Å². The zero-order chi connectivity index (χ0) is 21.1. The first-order chi connectivity index (χ1) is 13.7. The van der Waals surface area contributed by atoms with Crippen LogP contribution in [0.5, 0.6) is 5.75 Å². The van der Waals surface area contributed by atoms with E-state index < -0.39 is 18.2 Å². The summed E-state index contributed by atoms with van der Waals surface area (Å²) in [5.41, 5.74) is 4.18. The Bertz CT molecular complexity index is 860. The van der Waals surface area contributed by atoms with Crippen molar-refractivity contribution in [2.45, 2.75) is 58.7 Å². The average Bonchev–Trinajstić information content (AvgIpc) is 2.61. The Morgan fingerprint density at radius 1 is 1.21 bits per heavy atom. The summed E-state index contributed by atoms with van der Waals surface area (Å²) in [6, 6.07) is 10.8. The van der Waals surface area contributed by atoms with Crippen molar-refractivity contribution in [2.24, 2.45) is 5.92 Å². The number of hydrogen-bond donors (Lipinski definition) is 1. The van der Waals surface area contributed by atoms with Gasteiger partial charge in [0.25, 0.3) is 0 Å². The third-order valence-electron chi connectivity index (χ3n) is 5.33. The van der Waals surface area contributed by atoms with Crippen molar-refractivity contribution in [1.29, 1.82) is 0 Å². The van der Waals surface area contributed by atoms with Gasteiger partial charge in [-0.1, -0.05) is 43.7 Å². The summed E-state index contributed by atoms with van der Waals surface area (Å²) in [6.07, 6.45) is -0.753. The average molecular weight is 400 g/mol. The van der Waals surface area contributed by atoms with Gasteiger partial charge in [-0.25, -0.2) is 4.39 Å². The summed E-state index contributed by atoms with van der Waals surface area (Å²) in [6.45, 7) is 8.49. The highest BCUT2D eigenvalue weighted by Gasteiger charge is 2.29. The number of rotatable bonds is 6. The molecular weight excluding hydrogens is 371 g/mol. The number of esters is 1. The molecule has 0 bridgehead atoms. The van der Waals surface area contributed by atoms with Crippen molar-refractivity contribution in [3.05, 3.63) is 64.5 Å². The second kappa shape index (κ2) is 8.95. The first-order valence-electron chi connectivity index (χ1n) is 10.1. The highest BCUT2D eigenvalue weighted by atomic mass is 19.1. The van der Waals surface area contributed by atoms with E-state index in [0.717, 1.165) is 28.0 Å². The molecule has 0 radical (unpaired) electrons. The van der Waals surface area contributed by atoms with Crippen LogP contribution in [0.15, 0.2) is 36.4 Å². The minimum Gasteiger partial charge on any atom is -0.489 e. The lowest BCUT2D eigenvalue weighted by atomic mass is 9.81. The minimum absolute atomic E-state index is 0.0312. The van der Waals surface area contributed by atoms with Crippen LogP contribution in [0.2, 0.25) is 0 Å². The Morgan fingerprint density at radius 2 is 1.90 bits per heavy atom. The molecule has 1 aliphatic rings. The number of halogens is 1. The zero-order valence-corrected chi connectivity index (χ0v) is 17.4. The fourth-order valence-corrected chi connectivity index (χ4v) is 4.15. The molecule has 0 spiro atoms. The molecule has 1 saturated heterocycles. The van der Waals surface area contributed by atoms with Gasteiger partial charge in [-0.05, 0) is 43.0 Å². The zero-order valence-electron chi connectivity index (χ0n) is 17.4. The molecule has 2 aromatic rings. The van der Waals surface area contributed by atoms with Crippen LogP contribution in [0.25, 0.3) is 0 Å². The van der Waals surface area contributed by atoms with Crippen LogP contribution in [-0.2, 0) is 9.53 Å². The summed E-state index contributed by atoms with van der Waals surface area (Å²) in [7, 11) is 0. The van der Waals surface area contributed by atoms with Gasteiger partial charge in [0.2, 0.25) is 0 Å². The summed E-state index contributed by atoms with van der Waals surface area (Å²) >= 11 is 0. The van der Waals surface area contributed by atoms with Gasteiger partial charge in [0.15, 0.2) is 0 Å². The Kier molecular flexibility index (Phi) is 6.58. The molecule has 2 aromatic carbocycles. The van der Waals surface area contributed by atoms with Gasteiger partial charge in [0, 0.05) is 17.9 Å². The Morgan fingerprint density at radius 3 is 2.52 bits per heavy atom. The standard InChI is InChI=1S/C24H29FO4/c1-14(2)23(17-5-7-18(25)8-6-17)21-10-15(3)9-16(4)24(21)28-13-20-11-19(26)12-22(27)29-20/h5-10,14,19-20,23,26H,11-13H2,1-4H3/t19?,20?,23-/m0/s1. The molecule has 1 N–H and O–H groups in total. The van der Waals surface area contributed by atoms with Crippen LogP contribution in [0, 0.1) is 25.6 Å². The number of benzene rings is 2. The Hall–Kier alpha value is -2.40. The predicted octanol–water partition coefficient (Wildman–Crippen LogP) is 4.68. The summed E-state index contributed by atoms with van der Waals surface area (Å²) in [4.78, 5) is 11.6. The number of carbonyl (C=O) groups excluding carboxylic acids is 1. The van der Waals surface area contributed by atoms with Gasteiger partial charge in [-0.15, -0.1) is 0 Å². The monoisotopic (exact) mass is 400 g/mol. The van der Waals surface area contributed by atoms with Crippen molar-refractivity contribution in [3.63, 3.8) is 0 Å². The Balaban J connectivity index is 1.93. The fraction of sp³-hybridized carbons (Fsp3) is 0.458. The second-order valence-corrected chi connectivity index (χ2v) is 8.29. The van der Waals surface area contributed by atoms with E-state index in [-0.39, 0.29) is 30.7 Å². The highest BCUT2D eigenvalue weighted by molar-refractivity contribution is 5.71. The number of carbonyl (C=O) groups is 1. The van der Waals surface area contributed by atoms with Crippen molar-refractivity contribution in [3.8, 4) is 5.75 Å². The fourth-order valence-electron chi connectivity index (χ4n) is 4.15. The lowest BCUT2D eigenvalue weighted by Crippen LogP contribution is -2.36. The molecule has 1 heterocycles. The summed E-state index contributed by atoms with van der Waals surface area (Å²) in [5, 5.41) is 9.84. The highest BCUT2D eigenvalue weighted by Crippen LogP contribution is 2.40. The van der Waals surface area contributed by atoms with E-state index in [1.165, 1.54) is 12.1 Å². The van der Waals surface area contributed by atoms with Crippen molar-refractivity contribution in [1.82, 2.24) is 0 Å². The lowest BCUT2D eigenvalue weighted by molar-refractivity contribution is -0.162. The van der Waals surface area contributed by atoms with Gasteiger partial charge < -0.3 is 14.6 Å². The number of aryl methyl sites for hydroxylation is 2. The SMILES string of the molecule is Cc1cc(C)c(OCC2CC(O)CC(=O)O2)c([C@H](c2ccc(F)cc2)C(C)C)c1. The molecule has 0 amide bonds. The predicted molar refractivity (Wildman–Crippen MR) is 110 cm³/mol. The molecule has 3 atom stereocenters. The molecule has 5 heteroatoms. The number of aliphatic hydroxyl groups is 1. The van der Waals surface area contributed by atoms with Gasteiger partial charge >= 0.3 is 5.97 Å². The van der Waals surface area contributed by atoms with Crippen LogP contribution >= 0.6 is 0 Å². The van der Waals surface area contributed by atoms with Crippen molar-refractivity contribution >= 4 is 5.97 Å². The minimum atomic E-state index is -0.689. The third kappa shape index (κ3) is 5.15. The molecular formula is C24H29FO4. The molecule has 4 nitrogen and oxygen atoms in total. The second-order valence-electron chi connectivity index (χ2n) is 8.29. The van der Waals surface area contributed by atoms with Gasteiger partial charge in [-0.2, -0.15) is 0 Å². The van der Waals surface area contributed by atoms with Crippen LogP contribution in [-0.4, -0.2) is 29.9 Å². The topological polar surface area (TPSA) is 55.8 Å². The summed E-state index contributed by atoms with van der Waals surface area (Å²) in [5.74, 6) is 0.396. The van der Waals surface area contributed by atoms with E-state index in [4.69, 9.17) is 9.47 Å². The van der Waals surface area contributed by atoms with Gasteiger partial charge in [0.05, 0.1) is 12.5 Å². The number of hydrogen-bond acceptors (Lipinski definition) is 4. The molecule has 0 aromatic heterocycles. The van der Waals surface area contributed by atoms with E-state index in [0.29, 0.717) is 6.42 Å². The molecule has 0 saturated carbocycles. The summed E-state index contributed by atoms with van der Waals surface area (Å²) < 4.78 is 25.0. The van der Waals surface area contributed by atoms with Crippen molar-refractivity contribution < 1.29 is 23.8 Å². The maximum absolute atomic E-state index is 13.5. The largest absolute Gasteiger partial charge is 0.489 e. The Labute approximate surface area is 171 Å². The number of ether oxygens (including phenoxy) is 2. The number of aliphatic hydroxyl groups excluding tert-OH is 1. The smallest absolute Gasteiger partial charge is 0.308 e. The van der Waals surface area contributed by atoms with Crippen molar-refractivity contribution in [2.75, 3.05) is 6.61 Å². The first kappa shape index (κ1) is 21.3. The van der Waals surface area contributed by atoms with Gasteiger partial charge in [0.1, 0.15) is 24.3 Å². The normalized spacial score (nSPS) is 20.4. The van der Waals surface area contributed by atoms with Crippen LogP contribution in [0.3, 0.4) is 0 Å². The maximum Gasteiger partial charge on any atom is 0.308 e. The molecule has 2 unspecified atom stereocenters. The molecule has 156 valence electrons. The van der Waals surface area contributed by atoms with E-state index in [1.807, 2.05) is 26.0 Å². The molecule has 0 aliphatic carbocycles. The first-order valence-corrected chi connectivity index (χ1v) is 10.1.